The van der Waals surface area contributed by atoms with Crippen LogP contribution in [-0.4, -0.2) is 24.5 Å². The van der Waals surface area contributed by atoms with Crippen molar-refractivity contribution in [3.8, 4) is 0 Å². The Bertz CT molecular complexity index is 1020. The minimum atomic E-state index is 0.469. The Hall–Kier alpha value is -2.89. The zero-order valence-corrected chi connectivity index (χ0v) is 12.5. The quantitative estimate of drug-likeness (QED) is 0.609. The van der Waals surface area contributed by atoms with E-state index in [1.807, 2.05) is 6.20 Å². The molecular weight excluding hydrogens is 288 g/mol. The van der Waals surface area contributed by atoms with E-state index in [4.69, 9.17) is 10.7 Å². The van der Waals surface area contributed by atoms with E-state index in [9.17, 15) is 0 Å². The Balaban J connectivity index is 1.64. The number of rotatable bonds is 3. The summed E-state index contributed by atoms with van der Waals surface area (Å²) < 4.78 is 2.05. The second-order valence-electron chi connectivity index (χ2n) is 6.15. The average molecular weight is 304 g/mol. The van der Waals surface area contributed by atoms with E-state index >= 15 is 0 Å². The molecule has 0 spiro atoms. The number of hydrogen-bond acceptors (Lipinski definition) is 4. The van der Waals surface area contributed by atoms with Crippen LogP contribution < -0.4 is 5.73 Å². The molecule has 0 atom stereocenters. The van der Waals surface area contributed by atoms with Gasteiger partial charge in [0.1, 0.15) is 11.3 Å². The third kappa shape index (κ3) is 1.98. The lowest BCUT2D eigenvalue weighted by molar-refractivity contribution is 0.809. The molecule has 1 saturated carbocycles. The fourth-order valence-electron chi connectivity index (χ4n) is 3.09. The van der Waals surface area contributed by atoms with Gasteiger partial charge < -0.3 is 15.3 Å². The highest BCUT2D eigenvalue weighted by molar-refractivity contribution is 5.84. The van der Waals surface area contributed by atoms with E-state index in [1.54, 1.807) is 6.33 Å². The topological polar surface area (TPSA) is 85.4 Å². The zero-order valence-electron chi connectivity index (χ0n) is 12.5. The van der Waals surface area contributed by atoms with E-state index in [1.165, 1.54) is 10.9 Å². The molecule has 23 heavy (non-hydrogen) atoms. The molecule has 3 N–H and O–H groups in total. The maximum Gasteiger partial charge on any atom is 0.166 e. The third-order valence-corrected chi connectivity index (χ3v) is 4.46. The van der Waals surface area contributed by atoms with Crippen LogP contribution in [0, 0.1) is 0 Å². The summed E-state index contributed by atoms with van der Waals surface area (Å²) in [6.07, 6.45) is 6.07. The molecule has 1 aliphatic rings. The van der Waals surface area contributed by atoms with E-state index in [0.717, 1.165) is 29.8 Å². The molecule has 5 rings (SSSR count). The predicted molar refractivity (Wildman–Crippen MR) is 89.1 cm³/mol. The van der Waals surface area contributed by atoms with Crippen LogP contribution in [-0.2, 0) is 6.54 Å². The number of fused-ring (bicyclic) bond motifs is 2. The number of nitrogens with one attached hydrogen (secondary N) is 1. The normalized spacial score (nSPS) is 14.8. The highest BCUT2D eigenvalue weighted by Crippen LogP contribution is 2.39. The Morgan fingerprint density at radius 1 is 1.22 bits per heavy atom. The number of benzene rings is 1. The highest BCUT2D eigenvalue weighted by Gasteiger charge is 2.28. The summed E-state index contributed by atoms with van der Waals surface area (Å²) in [6, 6.07) is 8.38. The SMILES string of the molecule is Nc1nc(C2CC2)nc2c1ncn2Cc1cccc2cc[nH]c12. The summed E-state index contributed by atoms with van der Waals surface area (Å²) in [5, 5.41) is 1.21. The Morgan fingerprint density at radius 3 is 3.00 bits per heavy atom. The molecule has 0 bridgehead atoms. The number of aromatic nitrogens is 5. The standard InChI is InChI=1S/C17H16N6/c18-15-14-17(22-16(21-15)11-4-5-11)23(9-20-14)8-12-3-1-2-10-6-7-19-13(10)12/h1-3,6-7,9,11,19H,4-5,8H2,(H2,18,21,22). The second kappa shape index (κ2) is 4.55. The molecule has 1 fully saturated rings. The molecule has 0 radical (unpaired) electrons. The molecule has 3 aromatic heterocycles. The number of aromatic amines is 1. The first-order valence-electron chi connectivity index (χ1n) is 7.83. The highest BCUT2D eigenvalue weighted by atomic mass is 15.1. The van der Waals surface area contributed by atoms with Gasteiger partial charge in [-0.1, -0.05) is 18.2 Å². The van der Waals surface area contributed by atoms with Crippen molar-refractivity contribution in [2.75, 3.05) is 5.73 Å². The van der Waals surface area contributed by atoms with Gasteiger partial charge in [-0.3, -0.25) is 0 Å². The zero-order chi connectivity index (χ0) is 15.4. The van der Waals surface area contributed by atoms with Gasteiger partial charge in [-0.25, -0.2) is 15.0 Å². The van der Waals surface area contributed by atoms with Crippen molar-refractivity contribution in [3.63, 3.8) is 0 Å². The summed E-state index contributed by atoms with van der Waals surface area (Å²) in [7, 11) is 0. The number of anilines is 1. The second-order valence-corrected chi connectivity index (χ2v) is 6.15. The number of nitrogen functional groups attached to an aromatic ring is 1. The molecule has 1 aliphatic carbocycles. The van der Waals surface area contributed by atoms with Crippen molar-refractivity contribution < 1.29 is 0 Å². The predicted octanol–water partition coefficient (Wildman–Crippen LogP) is 2.82. The van der Waals surface area contributed by atoms with Crippen molar-refractivity contribution in [1.29, 1.82) is 0 Å². The van der Waals surface area contributed by atoms with Gasteiger partial charge in [-0.2, -0.15) is 0 Å². The smallest absolute Gasteiger partial charge is 0.166 e. The molecule has 0 aliphatic heterocycles. The molecule has 0 amide bonds. The van der Waals surface area contributed by atoms with Crippen LogP contribution in [0.5, 0.6) is 0 Å². The van der Waals surface area contributed by atoms with Crippen LogP contribution >= 0.6 is 0 Å². The maximum absolute atomic E-state index is 6.07. The van der Waals surface area contributed by atoms with Crippen molar-refractivity contribution in [3.05, 3.63) is 48.2 Å². The van der Waals surface area contributed by atoms with E-state index < -0.39 is 0 Å². The van der Waals surface area contributed by atoms with E-state index in [2.05, 4.69) is 43.8 Å². The molecule has 0 unspecified atom stereocenters. The summed E-state index contributed by atoms with van der Waals surface area (Å²) in [5.41, 5.74) is 9.94. The number of nitrogens with two attached hydrogens (primary N) is 1. The minimum Gasteiger partial charge on any atom is -0.382 e. The Morgan fingerprint density at radius 2 is 2.13 bits per heavy atom. The number of imidazole rings is 1. The van der Waals surface area contributed by atoms with Crippen molar-refractivity contribution in [2.45, 2.75) is 25.3 Å². The summed E-state index contributed by atoms with van der Waals surface area (Å²) in [4.78, 5) is 16.8. The van der Waals surface area contributed by atoms with Gasteiger partial charge in [0.2, 0.25) is 0 Å². The van der Waals surface area contributed by atoms with Crippen LogP contribution in [0.1, 0.15) is 30.1 Å². The van der Waals surface area contributed by atoms with Gasteiger partial charge in [-0.05, 0) is 29.9 Å². The van der Waals surface area contributed by atoms with Gasteiger partial charge in [0.25, 0.3) is 0 Å². The maximum atomic E-state index is 6.07. The monoisotopic (exact) mass is 304 g/mol. The number of H-pyrrole nitrogens is 1. The van der Waals surface area contributed by atoms with Crippen LogP contribution in [0.4, 0.5) is 5.82 Å². The summed E-state index contributed by atoms with van der Waals surface area (Å²) in [6.45, 7) is 0.703. The molecule has 6 heteroatoms. The van der Waals surface area contributed by atoms with Gasteiger partial charge in [0, 0.05) is 12.1 Å². The molecule has 4 aromatic rings. The molecule has 114 valence electrons. The first-order valence-corrected chi connectivity index (χ1v) is 7.83. The molecular formula is C17H16N6. The number of hydrogen-bond donors (Lipinski definition) is 2. The minimum absolute atomic E-state index is 0.469. The van der Waals surface area contributed by atoms with Crippen LogP contribution in [0.2, 0.25) is 0 Å². The summed E-state index contributed by atoms with van der Waals surface area (Å²) >= 11 is 0. The van der Waals surface area contributed by atoms with Gasteiger partial charge in [0.15, 0.2) is 11.5 Å². The molecule has 3 heterocycles. The van der Waals surface area contributed by atoms with Crippen LogP contribution in [0.15, 0.2) is 36.8 Å². The summed E-state index contributed by atoms with van der Waals surface area (Å²) in [5.74, 6) is 1.81. The van der Waals surface area contributed by atoms with Crippen molar-refractivity contribution in [2.24, 2.45) is 0 Å². The fraction of sp³-hybridized carbons (Fsp3) is 0.235. The van der Waals surface area contributed by atoms with Gasteiger partial charge in [-0.15, -0.1) is 0 Å². The van der Waals surface area contributed by atoms with Crippen molar-refractivity contribution >= 4 is 27.9 Å². The van der Waals surface area contributed by atoms with Crippen molar-refractivity contribution in [1.82, 2.24) is 24.5 Å². The van der Waals surface area contributed by atoms with Crippen LogP contribution in [0.3, 0.4) is 0 Å². The van der Waals surface area contributed by atoms with Gasteiger partial charge in [0.05, 0.1) is 18.4 Å². The molecule has 1 aromatic carbocycles. The number of nitrogens with zero attached hydrogens (tertiary/aromatic N) is 4. The first kappa shape index (κ1) is 12.6. The van der Waals surface area contributed by atoms with E-state index in [-0.39, 0.29) is 0 Å². The van der Waals surface area contributed by atoms with Gasteiger partial charge >= 0.3 is 0 Å². The molecule has 0 saturated heterocycles. The first-order chi connectivity index (χ1) is 11.3. The average Bonchev–Trinajstić information content (AvgIpc) is 3.15. The Labute approximate surface area is 132 Å². The van der Waals surface area contributed by atoms with Crippen LogP contribution in [0.25, 0.3) is 22.1 Å². The lowest BCUT2D eigenvalue weighted by Gasteiger charge is -2.07. The fourth-order valence-corrected chi connectivity index (χ4v) is 3.09. The lowest BCUT2D eigenvalue weighted by atomic mass is 10.1. The third-order valence-electron chi connectivity index (χ3n) is 4.46. The molecule has 6 nitrogen and oxygen atoms in total. The Kier molecular flexibility index (Phi) is 2.50. The van der Waals surface area contributed by atoms with E-state index in [0.29, 0.717) is 23.8 Å². The largest absolute Gasteiger partial charge is 0.382 e. The number of para-hydroxylation sites is 1. The lowest BCUT2D eigenvalue weighted by Crippen LogP contribution is -2.04.